The van der Waals surface area contributed by atoms with Gasteiger partial charge in [-0.3, -0.25) is 10.7 Å². The zero-order valence-corrected chi connectivity index (χ0v) is 5.88. The van der Waals surface area contributed by atoms with E-state index in [9.17, 15) is 0 Å². The van der Waals surface area contributed by atoms with Crippen LogP contribution in [0.1, 0.15) is 12.0 Å². The van der Waals surface area contributed by atoms with Crippen molar-refractivity contribution in [1.82, 2.24) is 10.7 Å². The molecule has 1 N–H and O–H groups in total. The van der Waals surface area contributed by atoms with E-state index in [1.54, 1.807) is 12.4 Å². The third-order valence-electron chi connectivity index (χ3n) is 1.39. The molecule has 0 aromatic carbocycles. The Morgan fingerprint density at radius 1 is 1.30 bits per heavy atom. The van der Waals surface area contributed by atoms with Gasteiger partial charge in [-0.05, 0) is 30.5 Å². The molecule has 10 heavy (non-hydrogen) atoms. The van der Waals surface area contributed by atoms with E-state index >= 15 is 0 Å². The van der Waals surface area contributed by atoms with Gasteiger partial charge in [-0.2, -0.15) is 0 Å². The molecule has 2 nitrogen and oxygen atoms in total. The van der Waals surface area contributed by atoms with Crippen LogP contribution in [0.4, 0.5) is 0 Å². The van der Waals surface area contributed by atoms with Gasteiger partial charge in [0.2, 0.25) is 0 Å². The summed E-state index contributed by atoms with van der Waals surface area (Å²) in [6.45, 7) is 0.516. The van der Waals surface area contributed by atoms with Crippen LogP contribution < -0.4 is 5.73 Å². The first kappa shape index (κ1) is 7.22. The summed E-state index contributed by atoms with van der Waals surface area (Å²) >= 11 is 0. The van der Waals surface area contributed by atoms with Gasteiger partial charge in [-0.25, -0.2) is 0 Å². The quantitative estimate of drug-likeness (QED) is 0.615. The number of hydrogen-bond acceptors (Lipinski definition) is 1. The van der Waals surface area contributed by atoms with Gasteiger partial charge in [0.05, 0.1) is 0 Å². The van der Waals surface area contributed by atoms with Crippen LogP contribution in [-0.4, -0.2) is 11.5 Å². The lowest BCUT2D eigenvalue weighted by molar-refractivity contribution is 0.815. The number of hydrogen-bond donors (Lipinski definition) is 0. The highest BCUT2D eigenvalue weighted by Crippen LogP contribution is 1.98. The predicted octanol–water partition coefficient (Wildman–Crippen LogP) is 1.30. The van der Waals surface area contributed by atoms with E-state index in [1.807, 2.05) is 12.1 Å². The fourth-order valence-electron chi connectivity index (χ4n) is 0.842. The van der Waals surface area contributed by atoms with Gasteiger partial charge < -0.3 is 0 Å². The molecule has 0 saturated heterocycles. The molecule has 1 aromatic rings. The summed E-state index contributed by atoms with van der Waals surface area (Å²) in [5, 5.41) is 0. The summed E-state index contributed by atoms with van der Waals surface area (Å²) in [6.07, 6.45) is 5.54. The van der Waals surface area contributed by atoms with Crippen LogP contribution in [0, 0.1) is 0 Å². The monoisotopic (exact) mass is 135 g/mol. The lowest BCUT2D eigenvalue weighted by atomic mass is 10.1. The molecule has 1 heterocycles. The maximum atomic E-state index is 6.94. The van der Waals surface area contributed by atoms with Crippen LogP contribution in [0.25, 0.3) is 0 Å². The van der Waals surface area contributed by atoms with Crippen LogP contribution in [0.5, 0.6) is 0 Å². The highest BCUT2D eigenvalue weighted by molar-refractivity contribution is 5.09. The molecule has 0 aliphatic heterocycles. The Bertz CT molecular complexity index is 172. The minimum atomic E-state index is 0.516. The molecule has 1 rings (SSSR count). The van der Waals surface area contributed by atoms with E-state index in [4.69, 9.17) is 5.73 Å². The number of rotatable bonds is 3. The first-order valence-electron chi connectivity index (χ1n) is 3.47. The summed E-state index contributed by atoms with van der Waals surface area (Å²) in [6, 6.07) is 3.99. The largest absolute Gasteiger partial charge is 0.265 e. The van der Waals surface area contributed by atoms with Crippen molar-refractivity contribution in [3.05, 3.63) is 30.1 Å². The second kappa shape index (κ2) is 4.01. The van der Waals surface area contributed by atoms with Crippen molar-refractivity contribution in [2.45, 2.75) is 12.8 Å². The lowest BCUT2D eigenvalue weighted by Crippen LogP contribution is -1.90. The van der Waals surface area contributed by atoms with Crippen LogP contribution in [0.15, 0.2) is 24.5 Å². The van der Waals surface area contributed by atoms with Crippen LogP contribution in [-0.2, 0) is 6.42 Å². The normalized spacial score (nSPS) is 9.70. The molecule has 0 aliphatic rings. The minimum absolute atomic E-state index is 0.516. The van der Waals surface area contributed by atoms with Gasteiger partial charge in [0, 0.05) is 18.9 Å². The molecule has 53 valence electrons. The van der Waals surface area contributed by atoms with Gasteiger partial charge in [0.25, 0.3) is 0 Å². The second-order valence-corrected chi connectivity index (χ2v) is 2.21. The van der Waals surface area contributed by atoms with Gasteiger partial charge >= 0.3 is 0 Å². The van der Waals surface area contributed by atoms with Gasteiger partial charge in [0.15, 0.2) is 0 Å². The molecular weight excluding hydrogens is 124 g/mol. The highest BCUT2D eigenvalue weighted by atomic mass is 14.6. The average Bonchev–Trinajstić information content (AvgIpc) is 2.03. The number of nitrogens with zero attached hydrogens (tertiary/aromatic N) is 1. The van der Waals surface area contributed by atoms with Crippen LogP contribution in [0.3, 0.4) is 0 Å². The molecule has 1 radical (unpaired) electrons. The predicted molar refractivity (Wildman–Crippen MR) is 40.5 cm³/mol. The van der Waals surface area contributed by atoms with Crippen molar-refractivity contribution >= 4 is 0 Å². The molecule has 2 heteroatoms. The van der Waals surface area contributed by atoms with Gasteiger partial charge in [-0.1, -0.05) is 0 Å². The summed E-state index contributed by atoms with van der Waals surface area (Å²) in [5.41, 5.74) is 8.22. The summed E-state index contributed by atoms with van der Waals surface area (Å²) in [5.74, 6) is 0. The van der Waals surface area contributed by atoms with E-state index in [0.29, 0.717) is 6.54 Å². The van der Waals surface area contributed by atoms with Crippen molar-refractivity contribution < 1.29 is 0 Å². The van der Waals surface area contributed by atoms with Crippen LogP contribution in [0.2, 0.25) is 0 Å². The fraction of sp³-hybridized carbons (Fsp3) is 0.375. The van der Waals surface area contributed by atoms with E-state index in [-0.39, 0.29) is 0 Å². The van der Waals surface area contributed by atoms with Crippen LogP contribution >= 0.6 is 0 Å². The molecule has 0 amide bonds. The summed E-state index contributed by atoms with van der Waals surface area (Å²) in [7, 11) is 0. The van der Waals surface area contributed by atoms with Gasteiger partial charge in [-0.15, -0.1) is 0 Å². The van der Waals surface area contributed by atoms with E-state index < -0.39 is 0 Å². The Morgan fingerprint density at radius 3 is 2.60 bits per heavy atom. The number of aryl methyl sites for hydroxylation is 1. The number of pyridine rings is 1. The minimum Gasteiger partial charge on any atom is -0.265 e. The van der Waals surface area contributed by atoms with Crippen molar-refractivity contribution in [3.63, 3.8) is 0 Å². The smallest absolute Gasteiger partial charge is 0.0270 e. The van der Waals surface area contributed by atoms with Gasteiger partial charge in [0.1, 0.15) is 0 Å². The van der Waals surface area contributed by atoms with Crippen molar-refractivity contribution in [3.8, 4) is 0 Å². The second-order valence-electron chi connectivity index (χ2n) is 2.21. The lowest BCUT2D eigenvalue weighted by Gasteiger charge is -1.95. The standard InChI is InChI=1S/C8H11N2/c9-5-1-2-8-3-6-10-7-4-8/h3-4,6-7,9H,1-2,5H2. The Balaban J connectivity index is 2.43. The molecule has 0 saturated carbocycles. The SMILES string of the molecule is [NH]CCCc1ccncc1. The number of nitrogens with one attached hydrogen (secondary N) is 1. The topological polar surface area (TPSA) is 36.7 Å². The highest BCUT2D eigenvalue weighted by Gasteiger charge is 1.88. The van der Waals surface area contributed by atoms with E-state index in [2.05, 4.69) is 4.98 Å². The molecule has 0 aliphatic carbocycles. The summed E-state index contributed by atoms with van der Waals surface area (Å²) < 4.78 is 0. The third-order valence-corrected chi connectivity index (χ3v) is 1.39. The van der Waals surface area contributed by atoms with E-state index in [1.165, 1.54) is 5.56 Å². The molecule has 0 fully saturated rings. The van der Waals surface area contributed by atoms with Crippen molar-refractivity contribution in [2.24, 2.45) is 0 Å². The van der Waals surface area contributed by atoms with Crippen molar-refractivity contribution in [2.75, 3.05) is 6.54 Å². The molecule has 0 bridgehead atoms. The molecule has 0 unspecified atom stereocenters. The maximum absolute atomic E-state index is 6.94. The zero-order chi connectivity index (χ0) is 7.23. The van der Waals surface area contributed by atoms with Crippen molar-refractivity contribution in [1.29, 1.82) is 0 Å². The average molecular weight is 135 g/mol. The molecule has 0 spiro atoms. The molecule has 0 atom stereocenters. The Hall–Kier alpha value is -0.890. The van der Waals surface area contributed by atoms with E-state index in [0.717, 1.165) is 12.8 Å². The molecular formula is C8H11N2. The Morgan fingerprint density at radius 2 is 2.00 bits per heavy atom. The maximum Gasteiger partial charge on any atom is 0.0270 e. The first-order valence-corrected chi connectivity index (χ1v) is 3.47. The Kier molecular flexibility index (Phi) is 2.90. The third kappa shape index (κ3) is 2.15. The first-order chi connectivity index (χ1) is 4.93. The molecule has 1 aromatic heterocycles. The zero-order valence-electron chi connectivity index (χ0n) is 5.88. The Labute approximate surface area is 61.1 Å². The summed E-state index contributed by atoms with van der Waals surface area (Å²) in [4.78, 5) is 3.91. The number of aromatic nitrogens is 1. The fourth-order valence-corrected chi connectivity index (χ4v) is 0.842.